The molecule has 1 saturated carbocycles. The van der Waals surface area contributed by atoms with Crippen LogP contribution >= 0.6 is 12.4 Å². The van der Waals surface area contributed by atoms with E-state index in [1.807, 2.05) is 30.3 Å². The molecule has 0 bridgehead atoms. The number of carbonyl (C=O) groups excluding carboxylic acids is 1. The second-order valence-corrected chi connectivity index (χ2v) is 5.59. The van der Waals surface area contributed by atoms with Crippen molar-refractivity contribution in [2.45, 2.75) is 25.5 Å². The van der Waals surface area contributed by atoms with Crippen LogP contribution in [0.3, 0.4) is 0 Å². The summed E-state index contributed by atoms with van der Waals surface area (Å²) < 4.78 is 10.9. The number of ether oxygens (including phenoxy) is 1. The van der Waals surface area contributed by atoms with Crippen molar-refractivity contribution in [3.8, 4) is 5.75 Å². The first kappa shape index (κ1) is 17.4. The fourth-order valence-electron chi connectivity index (χ4n) is 2.31. The number of benzene rings is 1. The zero-order chi connectivity index (χ0) is 15.4. The van der Waals surface area contributed by atoms with Gasteiger partial charge >= 0.3 is 0 Å². The lowest BCUT2D eigenvalue weighted by Gasteiger charge is -2.11. The SMILES string of the molecule is Cl.NC(CNC(=O)c1occc1COc1ccccc1)C1CC1. The third-order valence-corrected chi connectivity index (χ3v) is 3.82. The summed E-state index contributed by atoms with van der Waals surface area (Å²) in [5, 5.41) is 2.83. The van der Waals surface area contributed by atoms with Crippen LogP contribution in [0.25, 0.3) is 0 Å². The van der Waals surface area contributed by atoms with Crippen molar-refractivity contribution in [3.05, 3.63) is 54.0 Å². The summed E-state index contributed by atoms with van der Waals surface area (Å²) in [5.41, 5.74) is 6.71. The van der Waals surface area contributed by atoms with Crippen LogP contribution in [0, 0.1) is 5.92 Å². The molecule has 1 aromatic heterocycles. The van der Waals surface area contributed by atoms with Gasteiger partial charge in [0.15, 0.2) is 5.76 Å². The highest BCUT2D eigenvalue weighted by atomic mass is 35.5. The van der Waals surface area contributed by atoms with E-state index < -0.39 is 0 Å². The van der Waals surface area contributed by atoms with Crippen molar-refractivity contribution in [3.63, 3.8) is 0 Å². The van der Waals surface area contributed by atoms with Crippen molar-refractivity contribution in [2.75, 3.05) is 6.54 Å². The summed E-state index contributed by atoms with van der Waals surface area (Å²) in [4.78, 5) is 12.2. The van der Waals surface area contributed by atoms with Gasteiger partial charge in [-0.3, -0.25) is 4.79 Å². The summed E-state index contributed by atoms with van der Waals surface area (Å²) >= 11 is 0. The van der Waals surface area contributed by atoms with Crippen molar-refractivity contribution in [1.82, 2.24) is 5.32 Å². The van der Waals surface area contributed by atoms with Gasteiger partial charge in [0.2, 0.25) is 0 Å². The van der Waals surface area contributed by atoms with Gasteiger partial charge in [0.05, 0.1) is 6.26 Å². The number of hydrogen-bond acceptors (Lipinski definition) is 4. The minimum absolute atomic E-state index is 0. The molecule has 1 aromatic carbocycles. The molecule has 0 radical (unpaired) electrons. The molecule has 2 aromatic rings. The lowest BCUT2D eigenvalue weighted by Crippen LogP contribution is -2.38. The molecule has 3 N–H and O–H groups in total. The minimum atomic E-state index is -0.243. The maximum absolute atomic E-state index is 12.2. The summed E-state index contributed by atoms with van der Waals surface area (Å²) in [6, 6.07) is 11.2. The molecule has 1 aliphatic carbocycles. The van der Waals surface area contributed by atoms with Gasteiger partial charge in [-0.05, 0) is 37.0 Å². The summed E-state index contributed by atoms with van der Waals surface area (Å²) in [6.45, 7) is 0.765. The predicted molar refractivity (Wildman–Crippen MR) is 89.8 cm³/mol. The highest BCUT2D eigenvalue weighted by molar-refractivity contribution is 5.92. The van der Waals surface area contributed by atoms with Gasteiger partial charge in [-0.25, -0.2) is 0 Å². The Kier molecular flexibility index (Phi) is 6.07. The van der Waals surface area contributed by atoms with Crippen LogP contribution in [0.15, 0.2) is 47.1 Å². The zero-order valence-electron chi connectivity index (χ0n) is 12.7. The van der Waals surface area contributed by atoms with Crippen LogP contribution in [-0.2, 0) is 6.61 Å². The van der Waals surface area contributed by atoms with Gasteiger partial charge < -0.3 is 20.2 Å². The molecule has 124 valence electrons. The van der Waals surface area contributed by atoms with E-state index in [-0.39, 0.29) is 31.0 Å². The fraction of sp³-hybridized carbons (Fsp3) is 0.353. The number of hydrogen-bond donors (Lipinski definition) is 2. The van der Waals surface area contributed by atoms with E-state index in [0.717, 1.165) is 24.2 Å². The van der Waals surface area contributed by atoms with Crippen LogP contribution in [0.5, 0.6) is 5.75 Å². The average molecular weight is 337 g/mol. The molecule has 6 heteroatoms. The molecular formula is C17H21ClN2O3. The van der Waals surface area contributed by atoms with E-state index in [2.05, 4.69) is 5.32 Å². The molecule has 1 atom stereocenters. The van der Waals surface area contributed by atoms with Gasteiger partial charge in [0.25, 0.3) is 5.91 Å². The Bertz CT molecular complexity index is 626. The first-order valence-corrected chi connectivity index (χ1v) is 7.52. The quantitative estimate of drug-likeness (QED) is 0.815. The average Bonchev–Trinajstić information content (AvgIpc) is 3.30. The third kappa shape index (κ3) is 4.74. The molecule has 5 nitrogen and oxygen atoms in total. The Hall–Kier alpha value is -1.98. The highest BCUT2D eigenvalue weighted by Crippen LogP contribution is 2.31. The zero-order valence-corrected chi connectivity index (χ0v) is 13.6. The second-order valence-electron chi connectivity index (χ2n) is 5.59. The minimum Gasteiger partial charge on any atom is -0.489 e. The van der Waals surface area contributed by atoms with Crippen molar-refractivity contribution in [2.24, 2.45) is 11.7 Å². The molecule has 0 saturated heterocycles. The number of carbonyl (C=O) groups is 1. The maximum Gasteiger partial charge on any atom is 0.287 e. The van der Waals surface area contributed by atoms with E-state index in [0.29, 0.717) is 18.2 Å². The summed E-state index contributed by atoms with van der Waals surface area (Å²) in [6.07, 6.45) is 3.82. The normalized spacial score (nSPS) is 14.7. The Morgan fingerprint density at radius 1 is 1.30 bits per heavy atom. The fourth-order valence-corrected chi connectivity index (χ4v) is 2.31. The second kappa shape index (κ2) is 8.04. The van der Waals surface area contributed by atoms with E-state index in [9.17, 15) is 4.79 Å². The van der Waals surface area contributed by atoms with Crippen LogP contribution in [0.2, 0.25) is 0 Å². The van der Waals surface area contributed by atoms with Gasteiger partial charge in [0.1, 0.15) is 12.4 Å². The molecule has 0 spiro atoms. The van der Waals surface area contributed by atoms with Crippen molar-refractivity contribution >= 4 is 18.3 Å². The predicted octanol–water partition coefficient (Wildman–Crippen LogP) is 2.75. The van der Waals surface area contributed by atoms with Gasteiger partial charge in [-0.2, -0.15) is 0 Å². The Balaban J connectivity index is 0.00000192. The molecule has 1 fully saturated rings. The van der Waals surface area contributed by atoms with Crippen LogP contribution in [0.1, 0.15) is 29.0 Å². The van der Waals surface area contributed by atoms with Crippen LogP contribution in [-0.4, -0.2) is 18.5 Å². The molecule has 1 amide bonds. The number of para-hydroxylation sites is 1. The molecule has 1 aliphatic rings. The van der Waals surface area contributed by atoms with E-state index in [4.69, 9.17) is 14.9 Å². The third-order valence-electron chi connectivity index (χ3n) is 3.82. The van der Waals surface area contributed by atoms with E-state index in [1.54, 1.807) is 6.07 Å². The molecule has 23 heavy (non-hydrogen) atoms. The molecule has 1 heterocycles. The van der Waals surface area contributed by atoms with Crippen LogP contribution in [0.4, 0.5) is 0 Å². The van der Waals surface area contributed by atoms with E-state index in [1.165, 1.54) is 6.26 Å². The van der Waals surface area contributed by atoms with Gasteiger partial charge in [0, 0.05) is 18.2 Å². The topological polar surface area (TPSA) is 77.5 Å². The summed E-state index contributed by atoms with van der Waals surface area (Å²) in [7, 11) is 0. The number of furan rings is 1. The van der Waals surface area contributed by atoms with Crippen LogP contribution < -0.4 is 15.8 Å². The van der Waals surface area contributed by atoms with E-state index >= 15 is 0 Å². The lowest BCUT2D eigenvalue weighted by molar-refractivity contribution is 0.0919. The number of rotatable bonds is 7. The molecular weight excluding hydrogens is 316 g/mol. The largest absolute Gasteiger partial charge is 0.489 e. The maximum atomic E-state index is 12.2. The Morgan fingerprint density at radius 2 is 2.04 bits per heavy atom. The first-order valence-electron chi connectivity index (χ1n) is 7.52. The van der Waals surface area contributed by atoms with Crippen molar-refractivity contribution in [1.29, 1.82) is 0 Å². The molecule has 1 unspecified atom stereocenters. The highest BCUT2D eigenvalue weighted by Gasteiger charge is 2.29. The summed E-state index contributed by atoms with van der Waals surface area (Å²) in [5.74, 6) is 1.36. The monoisotopic (exact) mass is 336 g/mol. The van der Waals surface area contributed by atoms with Crippen molar-refractivity contribution < 1.29 is 13.9 Å². The Morgan fingerprint density at radius 3 is 2.74 bits per heavy atom. The number of halogens is 1. The number of amides is 1. The standard InChI is InChI=1S/C17H20N2O3.ClH/c18-15(12-6-7-12)10-19-17(20)16-13(8-9-21-16)11-22-14-4-2-1-3-5-14;/h1-5,8-9,12,15H,6-7,10-11,18H2,(H,19,20);1H. The smallest absolute Gasteiger partial charge is 0.287 e. The molecule has 3 rings (SSSR count). The first-order chi connectivity index (χ1) is 10.7. The number of nitrogens with one attached hydrogen (secondary N) is 1. The van der Waals surface area contributed by atoms with Gasteiger partial charge in [-0.1, -0.05) is 18.2 Å². The Labute approximate surface area is 141 Å². The van der Waals surface area contributed by atoms with Gasteiger partial charge in [-0.15, -0.1) is 12.4 Å². The lowest BCUT2D eigenvalue weighted by atomic mass is 10.2. The number of nitrogens with two attached hydrogens (primary N) is 1. The molecule has 0 aliphatic heterocycles.